The summed E-state index contributed by atoms with van der Waals surface area (Å²) in [6.07, 6.45) is 5.47. The van der Waals surface area contributed by atoms with Crippen molar-refractivity contribution in [1.82, 2.24) is 0 Å². The van der Waals surface area contributed by atoms with Crippen LogP contribution in [0.5, 0.6) is 0 Å². The molecule has 98 valence electrons. The summed E-state index contributed by atoms with van der Waals surface area (Å²) in [5, 5.41) is 0. The van der Waals surface area contributed by atoms with Crippen LogP contribution in [-0.2, 0) is 0 Å². The van der Waals surface area contributed by atoms with E-state index in [4.69, 9.17) is 0 Å². The molecule has 0 N–H and O–H groups in total. The molecular weight excluding hydrogens is 192 g/mol. The molecule has 0 aliphatic rings. The predicted octanol–water partition coefficient (Wildman–Crippen LogP) is 5.77. The Morgan fingerprint density at radius 3 is 1.75 bits per heavy atom. The van der Waals surface area contributed by atoms with E-state index < -0.39 is 0 Å². The van der Waals surface area contributed by atoms with Crippen molar-refractivity contribution in [2.75, 3.05) is 0 Å². The van der Waals surface area contributed by atoms with Gasteiger partial charge < -0.3 is 0 Å². The first kappa shape index (κ1) is 16.0. The van der Waals surface area contributed by atoms with Gasteiger partial charge in [-0.05, 0) is 36.0 Å². The molecule has 0 saturated carbocycles. The smallest absolute Gasteiger partial charge is 0.0358 e. The second-order valence-electron chi connectivity index (χ2n) is 6.30. The molecule has 0 nitrogen and oxygen atoms in total. The fraction of sp³-hybridized carbons (Fsp3) is 1.00. The van der Waals surface area contributed by atoms with E-state index in [0.717, 1.165) is 29.6 Å². The Labute approximate surface area is 104 Å². The van der Waals surface area contributed by atoms with Crippen LogP contribution in [0.25, 0.3) is 0 Å². The lowest BCUT2D eigenvalue weighted by molar-refractivity contribution is 0.156. The van der Waals surface area contributed by atoms with E-state index in [-0.39, 0.29) is 0 Å². The molecule has 0 heteroatoms. The van der Waals surface area contributed by atoms with Crippen LogP contribution in [0, 0.1) is 29.6 Å². The Kier molecular flexibility index (Phi) is 8.14. The highest BCUT2D eigenvalue weighted by molar-refractivity contribution is 4.76. The van der Waals surface area contributed by atoms with Crippen LogP contribution < -0.4 is 0 Å². The maximum absolute atomic E-state index is 2.49. The van der Waals surface area contributed by atoms with E-state index in [2.05, 4.69) is 48.5 Å². The number of hydrogen-bond donors (Lipinski definition) is 0. The molecule has 16 heavy (non-hydrogen) atoms. The Morgan fingerprint density at radius 1 is 0.812 bits per heavy atom. The molecule has 0 aliphatic heterocycles. The predicted molar refractivity (Wildman–Crippen MR) is 75.6 cm³/mol. The SMILES string of the molecule is CCCC(C)C(C)C(CC(C)C)C(C)CC. The van der Waals surface area contributed by atoms with E-state index in [9.17, 15) is 0 Å². The molecule has 0 aliphatic carbocycles. The third-order valence-electron chi connectivity index (χ3n) is 4.44. The first-order valence-corrected chi connectivity index (χ1v) is 7.43. The van der Waals surface area contributed by atoms with Crippen LogP contribution in [0.1, 0.15) is 74.1 Å². The summed E-state index contributed by atoms with van der Waals surface area (Å²) in [6.45, 7) is 16.8. The molecule has 4 unspecified atom stereocenters. The van der Waals surface area contributed by atoms with Crippen LogP contribution in [0.4, 0.5) is 0 Å². The minimum Gasteiger partial charge on any atom is -0.0654 e. The largest absolute Gasteiger partial charge is 0.0654 e. The molecule has 0 fully saturated rings. The third kappa shape index (κ3) is 5.37. The summed E-state index contributed by atoms with van der Waals surface area (Å²) in [4.78, 5) is 0. The molecule has 0 spiro atoms. The lowest BCUT2D eigenvalue weighted by Gasteiger charge is -2.34. The fourth-order valence-electron chi connectivity index (χ4n) is 2.95. The summed E-state index contributed by atoms with van der Waals surface area (Å²) in [5.41, 5.74) is 0. The fourth-order valence-corrected chi connectivity index (χ4v) is 2.95. The zero-order chi connectivity index (χ0) is 12.7. The van der Waals surface area contributed by atoms with Gasteiger partial charge in [-0.1, -0.05) is 67.7 Å². The topological polar surface area (TPSA) is 0 Å². The second kappa shape index (κ2) is 8.14. The van der Waals surface area contributed by atoms with Gasteiger partial charge in [-0.15, -0.1) is 0 Å². The van der Waals surface area contributed by atoms with Gasteiger partial charge in [-0.3, -0.25) is 0 Å². The Morgan fingerprint density at radius 2 is 1.38 bits per heavy atom. The highest BCUT2D eigenvalue weighted by atomic mass is 14.3. The molecule has 0 radical (unpaired) electrons. The van der Waals surface area contributed by atoms with Crippen LogP contribution in [-0.4, -0.2) is 0 Å². The van der Waals surface area contributed by atoms with Crippen molar-refractivity contribution in [1.29, 1.82) is 0 Å². The van der Waals surface area contributed by atoms with E-state index >= 15 is 0 Å². The van der Waals surface area contributed by atoms with Crippen LogP contribution >= 0.6 is 0 Å². The van der Waals surface area contributed by atoms with Gasteiger partial charge in [-0.2, -0.15) is 0 Å². The molecule has 0 amide bonds. The van der Waals surface area contributed by atoms with Gasteiger partial charge in [0.05, 0.1) is 0 Å². The maximum Gasteiger partial charge on any atom is -0.0358 e. The second-order valence-corrected chi connectivity index (χ2v) is 6.30. The molecule has 4 atom stereocenters. The standard InChI is InChI=1S/C16H34/c1-8-10-14(6)15(7)16(11-12(3)4)13(5)9-2/h12-16H,8-11H2,1-7H3. The number of rotatable bonds is 8. The molecule has 0 bridgehead atoms. The first-order valence-electron chi connectivity index (χ1n) is 7.43. The van der Waals surface area contributed by atoms with E-state index in [1.54, 1.807) is 0 Å². The average Bonchev–Trinajstić information content (AvgIpc) is 2.24. The molecular formula is C16H34. The van der Waals surface area contributed by atoms with Crippen molar-refractivity contribution in [3.8, 4) is 0 Å². The lowest BCUT2D eigenvalue weighted by atomic mass is 9.71. The van der Waals surface area contributed by atoms with Crippen molar-refractivity contribution < 1.29 is 0 Å². The van der Waals surface area contributed by atoms with Crippen LogP contribution in [0.15, 0.2) is 0 Å². The van der Waals surface area contributed by atoms with E-state index in [1.165, 1.54) is 25.7 Å². The normalized spacial score (nSPS) is 19.5. The highest BCUT2D eigenvalue weighted by Crippen LogP contribution is 2.35. The van der Waals surface area contributed by atoms with Crippen LogP contribution in [0.2, 0.25) is 0 Å². The van der Waals surface area contributed by atoms with Gasteiger partial charge >= 0.3 is 0 Å². The number of hydrogen-bond acceptors (Lipinski definition) is 0. The van der Waals surface area contributed by atoms with Crippen molar-refractivity contribution in [2.24, 2.45) is 29.6 Å². The van der Waals surface area contributed by atoms with Gasteiger partial charge in [0.2, 0.25) is 0 Å². The summed E-state index contributed by atoms with van der Waals surface area (Å²) in [7, 11) is 0. The van der Waals surface area contributed by atoms with Crippen molar-refractivity contribution >= 4 is 0 Å². The monoisotopic (exact) mass is 226 g/mol. The van der Waals surface area contributed by atoms with Gasteiger partial charge in [0, 0.05) is 0 Å². The molecule has 0 heterocycles. The minimum absolute atomic E-state index is 0.843. The first-order chi connectivity index (χ1) is 7.43. The third-order valence-corrected chi connectivity index (χ3v) is 4.44. The quantitative estimate of drug-likeness (QED) is 0.493. The minimum atomic E-state index is 0.843. The molecule has 0 rings (SSSR count). The van der Waals surface area contributed by atoms with Gasteiger partial charge in [0.25, 0.3) is 0 Å². The Bertz CT molecular complexity index is 159. The maximum atomic E-state index is 2.49. The lowest BCUT2D eigenvalue weighted by Crippen LogP contribution is -2.26. The van der Waals surface area contributed by atoms with Crippen molar-refractivity contribution in [2.45, 2.75) is 74.1 Å². The summed E-state index contributed by atoms with van der Waals surface area (Å²) < 4.78 is 0. The van der Waals surface area contributed by atoms with Crippen molar-refractivity contribution in [3.05, 3.63) is 0 Å². The van der Waals surface area contributed by atoms with Crippen molar-refractivity contribution in [3.63, 3.8) is 0 Å². The van der Waals surface area contributed by atoms with Gasteiger partial charge in [0.1, 0.15) is 0 Å². The summed E-state index contributed by atoms with van der Waals surface area (Å²) >= 11 is 0. The van der Waals surface area contributed by atoms with Gasteiger partial charge in [-0.25, -0.2) is 0 Å². The zero-order valence-electron chi connectivity index (χ0n) is 12.7. The van der Waals surface area contributed by atoms with E-state index in [0.29, 0.717) is 0 Å². The summed E-state index contributed by atoms with van der Waals surface area (Å²) in [6, 6.07) is 0. The van der Waals surface area contributed by atoms with Crippen LogP contribution in [0.3, 0.4) is 0 Å². The van der Waals surface area contributed by atoms with E-state index in [1.807, 2.05) is 0 Å². The van der Waals surface area contributed by atoms with Gasteiger partial charge in [0.15, 0.2) is 0 Å². The Hall–Kier alpha value is 0. The Balaban J connectivity index is 4.47. The molecule has 0 saturated heterocycles. The molecule has 0 aromatic carbocycles. The summed E-state index contributed by atoms with van der Waals surface area (Å²) in [5.74, 6) is 4.43. The highest BCUT2D eigenvalue weighted by Gasteiger charge is 2.26. The molecule has 0 aromatic rings. The molecule has 0 aromatic heterocycles. The average molecular weight is 226 g/mol. The zero-order valence-corrected chi connectivity index (χ0v) is 12.7.